The van der Waals surface area contributed by atoms with E-state index in [-0.39, 0.29) is 23.8 Å². The second kappa shape index (κ2) is 7.22. The fourth-order valence-electron chi connectivity index (χ4n) is 2.17. The highest BCUT2D eigenvalue weighted by Gasteiger charge is 2.18. The minimum absolute atomic E-state index is 0.102. The summed E-state index contributed by atoms with van der Waals surface area (Å²) < 4.78 is 5.48. The molecule has 1 aromatic rings. The van der Waals surface area contributed by atoms with E-state index in [2.05, 4.69) is 10.6 Å². The lowest BCUT2D eigenvalue weighted by Crippen LogP contribution is -2.32. The van der Waals surface area contributed by atoms with Gasteiger partial charge in [-0.3, -0.25) is 9.59 Å². The Kier molecular flexibility index (Phi) is 5.33. The number of nitrogens with one attached hydrogen (secondary N) is 2. The molecule has 1 fully saturated rings. The number of anilines is 1. The summed E-state index contributed by atoms with van der Waals surface area (Å²) in [6, 6.07) is 7.03. The van der Waals surface area contributed by atoms with Gasteiger partial charge in [-0.2, -0.15) is 0 Å². The van der Waals surface area contributed by atoms with Gasteiger partial charge in [-0.05, 0) is 25.0 Å². The van der Waals surface area contributed by atoms with Gasteiger partial charge in [0.2, 0.25) is 5.91 Å². The molecule has 2 rings (SSSR count). The lowest BCUT2D eigenvalue weighted by atomic mass is 10.1. The van der Waals surface area contributed by atoms with Crippen LogP contribution in [0.2, 0.25) is 0 Å². The second-order valence-electron chi connectivity index (χ2n) is 5.53. The van der Waals surface area contributed by atoms with Gasteiger partial charge in [0.05, 0.1) is 17.4 Å². The average molecular weight is 290 g/mol. The van der Waals surface area contributed by atoms with E-state index < -0.39 is 0 Å². The number of para-hydroxylation sites is 1. The minimum Gasteiger partial charge on any atom is -0.376 e. The highest BCUT2D eigenvalue weighted by Crippen LogP contribution is 2.16. The van der Waals surface area contributed by atoms with Crippen LogP contribution in [0, 0.1) is 5.92 Å². The SMILES string of the molecule is CC(C)C(=O)Nc1ccccc1C(=O)NCC1CCCO1. The molecule has 21 heavy (non-hydrogen) atoms. The maximum absolute atomic E-state index is 12.3. The summed E-state index contributed by atoms with van der Waals surface area (Å²) in [7, 11) is 0. The molecule has 5 nitrogen and oxygen atoms in total. The van der Waals surface area contributed by atoms with Crippen molar-refractivity contribution in [2.45, 2.75) is 32.8 Å². The summed E-state index contributed by atoms with van der Waals surface area (Å²) in [5.74, 6) is -0.424. The molecule has 1 saturated heterocycles. The highest BCUT2D eigenvalue weighted by molar-refractivity contribution is 6.04. The predicted octanol–water partition coefficient (Wildman–Crippen LogP) is 2.19. The fourth-order valence-corrected chi connectivity index (χ4v) is 2.17. The van der Waals surface area contributed by atoms with E-state index in [0.29, 0.717) is 17.8 Å². The molecule has 5 heteroatoms. The fraction of sp³-hybridized carbons (Fsp3) is 0.500. The Balaban J connectivity index is 2.00. The molecule has 1 aromatic carbocycles. The Hall–Kier alpha value is -1.88. The van der Waals surface area contributed by atoms with Crippen LogP contribution in [0.5, 0.6) is 0 Å². The highest BCUT2D eigenvalue weighted by atomic mass is 16.5. The van der Waals surface area contributed by atoms with Crippen molar-refractivity contribution in [2.75, 3.05) is 18.5 Å². The van der Waals surface area contributed by atoms with Gasteiger partial charge in [-0.15, -0.1) is 0 Å². The first kappa shape index (κ1) is 15.5. The Morgan fingerprint density at radius 1 is 1.33 bits per heavy atom. The smallest absolute Gasteiger partial charge is 0.253 e. The van der Waals surface area contributed by atoms with Crippen LogP contribution in [-0.2, 0) is 9.53 Å². The molecule has 1 aliphatic rings. The zero-order chi connectivity index (χ0) is 15.2. The van der Waals surface area contributed by atoms with Crippen LogP contribution in [0.25, 0.3) is 0 Å². The van der Waals surface area contributed by atoms with Crippen LogP contribution in [0.15, 0.2) is 24.3 Å². The van der Waals surface area contributed by atoms with Crippen molar-refractivity contribution in [2.24, 2.45) is 5.92 Å². The zero-order valence-electron chi connectivity index (χ0n) is 12.5. The number of hydrogen-bond donors (Lipinski definition) is 2. The Morgan fingerprint density at radius 2 is 2.10 bits per heavy atom. The average Bonchev–Trinajstić information content (AvgIpc) is 2.98. The number of amides is 2. The molecule has 0 radical (unpaired) electrons. The molecule has 1 atom stereocenters. The molecule has 0 aliphatic carbocycles. The van der Waals surface area contributed by atoms with Crippen LogP contribution in [-0.4, -0.2) is 31.1 Å². The Morgan fingerprint density at radius 3 is 2.76 bits per heavy atom. The van der Waals surface area contributed by atoms with Crippen molar-refractivity contribution in [1.29, 1.82) is 0 Å². The van der Waals surface area contributed by atoms with Gasteiger partial charge in [-0.1, -0.05) is 26.0 Å². The third-order valence-electron chi connectivity index (χ3n) is 3.47. The van der Waals surface area contributed by atoms with E-state index in [9.17, 15) is 9.59 Å². The van der Waals surface area contributed by atoms with Crippen LogP contribution in [0.1, 0.15) is 37.0 Å². The van der Waals surface area contributed by atoms with Crippen molar-refractivity contribution in [1.82, 2.24) is 5.32 Å². The maximum atomic E-state index is 12.3. The molecule has 1 heterocycles. The molecule has 0 bridgehead atoms. The van der Waals surface area contributed by atoms with Crippen molar-refractivity contribution >= 4 is 17.5 Å². The Labute approximate surface area is 125 Å². The van der Waals surface area contributed by atoms with Crippen LogP contribution in [0.3, 0.4) is 0 Å². The van der Waals surface area contributed by atoms with Gasteiger partial charge in [0.15, 0.2) is 0 Å². The largest absolute Gasteiger partial charge is 0.376 e. The quantitative estimate of drug-likeness (QED) is 0.873. The van der Waals surface area contributed by atoms with Crippen molar-refractivity contribution in [3.8, 4) is 0 Å². The molecular formula is C16H22N2O3. The predicted molar refractivity (Wildman–Crippen MR) is 81.2 cm³/mol. The number of hydrogen-bond acceptors (Lipinski definition) is 3. The minimum atomic E-state index is -0.190. The summed E-state index contributed by atoms with van der Waals surface area (Å²) in [4.78, 5) is 24.0. The van der Waals surface area contributed by atoms with Gasteiger partial charge < -0.3 is 15.4 Å². The van der Waals surface area contributed by atoms with Gasteiger partial charge in [0, 0.05) is 19.1 Å². The molecule has 0 spiro atoms. The summed E-state index contributed by atoms with van der Waals surface area (Å²) in [5, 5.41) is 5.66. The van der Waals surface area contributed by atoms with E-state index in [0.717, 1.165) is 19.4 Å². The number of ether oxygens (including phenoxy) is 1. The lowest BCUT2D eigenvalue weighted by molar-refractivity contribution is -0.118. The van der Waals surface area contributed by atoms with Crippen LogP contribution in [0.4, 0.5) is 5.69 Å². The summed E-state index contributed by atoms with van der Waals surface area (Å²) in [5.41, 5.74) is 1.02. The standard InChI is InChI=1S/C16H22N2O3/c1-11(2)15(19)18-14-8-4-3-7-13(14)16(20)17-10-12-6-5-9-21-12/h3-4,7-8,11-12H,5-6,9-10H2,1-2H3,(H,17,20)(H,18,19). The molecule has 2 amide bonds. The third kappa shape index (κ3) is 4.29. The van der Waals surface area contributed by atoms with Gasteiger partial charge in [0.25, 0.3) is 5.91 Å². The van der Waals surface area contributed by atoms with E-state index >= 15 is 0 Å². The molecule has 2 N–H and O–H groups in total. The molecule has 0 saturated carbocycles. The normalized spacial score (nSPS) is 17.8. The van der Waals surface area contributed by atoms with Crippen LogP contribution < -0.4 is 10.6 Å². The van der Waals surface area contributed by atoms with E-state index in [4.69, 9.17) is 4.74 Å². The number of carbonyl (C=O) groups excluding carboxylic acids is 2. The lowest BCUT2D eigenvalue weighted by Gasteiger charge is -2.14. The van der Waals surface area contributed by atoms with Gasteiger partial charge >= 0.3 is 0 Å². The molecule has 114 valence electrons. The van der Waals surface area contributed by atoms with Crippen molar-refractivity contribution in [3.05, 3.63) is 29.8 Å². The summed E-state index contributed by atoms with van der Waals surface area (Å²) in [6.07, 6.45) is 2.12. The van der Waals surface area contributed by atoms with Crippen LogP contribution >= 0.6 is 0 Å². The van der Waals surface area contributed by atoms with Crippen molar-refractivity contribution < 1.29 is 14.3 Å². The first-order valence-electron chi connectivity index (χ1n) is 7.37. The van der Waals surface area contributed by atoms with Gasteiger partial charge in [-0.25, -0.2) is 0 Å². The number of rotatable bonds is 5. The topological polar surface area (TPSA) is 67.4 Å². The number of carbonyl (C=O) groups is 2. The van der Waals surface area contributed by atoms with E-state index in [1.54, 1.807) is 24.3 Å². The van der Waals surface area contributed by atoms with E-state index in [1.165, 1.54) is 0 Å². The molecule has 0 aromatic heterocycles. The second-order valence-corrected chi connectivity index (χ2v) is 5.53. The molecular weight excluding hydrogens is 268 g/mol. The van der Waals surface area contributed by atoms with E-state index in [1.807, 2.05) is 13.8 Å². The summed E-state index contributed by atoms with van der Waals surface area (Å²) in [6.45, 7) is 4.90. The maximum Gasteiger partial charge on any atom is 0.253 e. The Bertz CT molecular complexity index is 508. The molecule has 1 aliphatic heterocycles. The monoisotopic (exact) mass is 290 g/mol. The molecule has 1 unspecified atom stereocenters. The first-order chi connectivity index (χ1) is 10.1. The third-order valence-corrected chi connectivity index (χ3v) is 3.47. The zero-order valence-corrected chi connectivity index (χ0v) is 12.5. The van der Waals surface area contributed by atoms with Gasteiger partial charge in [0.1, 0.15) is 0 Å². The van der Waals surface area contributed by atoms with Crippen molar-refractivity contribution in [3.63, 3.8) is 0 Å². The number of benzene rings is 1. The first-order valence-corrected chi connectivity index (χ1v) is 7.37. The summed E-state index contributed by atoms with van der Waals surface area (Å²) >= 11 is 0.